The third-order valence-electron chi connectivity index (χ3n) is 21.3. The van der Waals surface area contributed by atoms with Crippen molar-refractivity contribution in [2.45, 2.75) is 37.2 Å². The average Bonchev–Trinajstić information content (AvgIpc) is 1.51. The summed E-state index contributed by atoms with van der Waals surface area (Å²) in [5, 5.41) is 74.4. The number of phenolic OH excluding ortho intramolecular Hbond substituents is 3. The quantitative estimate of drug-likeness (QED) is 0.0244. The van der Waals surface area contributed by atoms with Gasteiger partial charge in [0.2, 0.25) is 0 Å². The highest BCUT2D eigenvalue weighted by atomic mass is 19.4. The number of aromatic nitrogens is 2. The first-order valence-corrected chi connectivity index (χ1v) is 36.6. The van der Waals surface area contributed by atoms with Crippen LogP contribution >= 0.6 is 0 Å². The number of carbonyl (C=O) groups excluding carboxylic acids is 1. The minimum Gasteiger partial charge on any atom is -0.505 e. The minimum absolute atomic E-state index is 0.0132. The van der Waals surface area contributed by atoms with Crippen LogP contribution in [0.2, 0.25) is 0 Å². The normalized spacial score (nSPS) is 13.2. The van der Waals surface area contributed by atoms with Gasteiger partial charge in [-0.05, 0) is 208 Å². The molecule has 1 aliphatic rings. The lowest BCUT2D eigenvalue weighted by Gasteiger charge is -2.25. The number of alkyl halides is 9. The Labute approximate surface area is 661 Å². The van der Waals surface area contributed by atoms with Crippen LogP contribution in [-0.4, -0.2) is 31.2 Å². The number of nitrogens with zero attached hydrogens (tertiary/aromatic N) is 7. The highest BCUT2D eigenvalue weighted by Gasteiger charge is 2.35. The van der Waals surface area contributed by atoms with Gasteiger partial charge in [-0.3, -0.25) is 14.5 Å². The van der Waals surface area contributed by atoms with Crippen LogP contribution < -0.4 is 22.0 Å². The Balaban J connectivity index is 0.732. The number of nitrogens with one attached hydrogen (secondary N) is 3. The van der Waals surface area contributed by atoms with Crippen molar-refractivity contribution in [3.8, 4) is 28.4 Å². The fraction of sp³-hybridized carbons (Fsp3) is 0.0659. The van der Waals surface area contributed by atoms with Crippen molar-refractivity contribution in [2.75, 3.05) is 10.2 Å². The Morgan fingerprint density at radius 2 is 0.797 bits per heavy atom. The third kappa shape index (κ3) is 13.6. The van der Waals surface area contributed by atoms with E-state index in [1.165, 1.54) is 30.3 Å². The van der Waals surface area contributed by atoms with E-state index in [-0.39, 0.29) is 62.0 Å². The van der Waals surface area contributed by atoms with Gasteiger partial charge in [0.05, 0.1) is 50.3 Å². The molecule has 118 heavy (non-hydrogen) atoms. The highest BCUT2D eigenvalue weighted by Crippen LogP contribution is 2.53. The molecule has 0 bridgehead atoms. The van der Waals surface area contributed by atoms with Crippen LogP contribution in [0.15, 0.2) is 304 Å². The number of rotatable bonds is 17. The number of aromatic amines is 2. The first-order valence-electron chi connectivity index (χ1n) is 36.6. The van der Waals surface area contributed by atoms with E-state index in [0.29, 0.717) is 78.2 Å². The average molecular weight is 1590 g/mol. The van der Waals surface area contributed by atoms with E-state index in [1.807, 2.05) is 108 Å². The lowest BCUT2D eigenvalue weighted by Crippen LogP contribution is -2.13. The van der Waals surface area contributed by atoms with Crippen molar-refractivity contribution in [1.29, 1.82) is 0 Å². The van der Waals surface area contributed by atoms with E-state index < -0.39 is 64.8 Å². The predicted octanol–water partition coefficient (Wildman–Crippen LogP) is 26.1. The maximum atomic E-state index is 14.1. The zero-order chi connectivity index (χ0) is 81.6. The van der Waals surface area contributed by atoms with Gasteiger partial charge >= 0.3 is 18.5 Å². The summed E-state index contributed by atoms with van der Waals surface area (Å²) in [7, 11) is 0. The summed E-state index contributed by atoms with van der Waals surface area (Å²) >= 11 is 0. The van der Waals surface area contributed by atoms with Crippen LogP contribution in [0.5, 0.6) is 17.2 Å². The smallest absolute Gasteiger partial charge is 0.416 e. The van der Waals surface area contributed by atoms with E-state index in [1.54, 1.807) is 91.0 Å². The Morgan fingerprint density at radius 3 is 1.25 bits per heavy atom. The molecule has 0 fully saturated rings. The van der Waals surface area contributed by atoms with Crippen LogP contribution in [-0.2, 0) is 34.6 Å². The molecule has 2 heterocycles. The van der Waals surface area contributed by atoms with Gasteiger partial charge in [-0.25, -0.2) is 11.8 Å². The lowest BCUT2D eigenvalue weighted by molar-refractivity contribution is -0.138. The van der Waals surface area contributed by atoms with Crippen molar-refractivity contribution in [3.63, 3.8) is 0 Å². The monoisotopic (exact) mass is 1590 g/mol. The molecule has 2 unspecified atom stereocenters. The number of amides is 1. The van der Waals surface area contributed by atoms with Gasteiger partial charge in [-0.15, -0.1) is 15.3 Å². The SMILES string of the molecule is NOC(c1ccc(C(F)(F)F)cc1)c1cc2ccc3c(c2c(N=Nc2ccc(N(c4ccc(N=Nc5c(O)c(C(=O)Nc6ccc(C(F)(F)F)cc6)cc6ccc7c8ccccc8[nH]c7c56)cc4)c4ccc(N=Nc5c(O)c(C(ON)c6ccc(C(F)(F)F)cc6)cc6ccc7c8ccccc8[nH]c7c56)cc4)cc2)c1O)Cc1ccccc1-3. The van der Waals surface area contributed by atoms with Crippen molar-refractivity contribution in [2.24, 2.45) is 42.5 Å². The van der Waals surface area contributed by atoms with E-state index in [4.69, 9.17) is 36.8 Å². The molecule has 0 aliphatic heterocycles. The summed E-state index contributed by atoms with van der Waals surface area (Å²) in [4.78, 5) is 33.8. The second-order valence-electron chi connectivity index (χ2n) is 28.3. The van der Waals surface area contributed by atoms with Crippen molar-refractivity contribution in [3.05, 3.63) is 329 Å². The van der Waals surface area contributed by atoms with Crippen molar-refractivity contribution < 1.29 is 69.3 Å². The van der Waals surface area contributed by atoms with Gasteiger partial charge in [0, 0.05) is 82.6 Å². The van der Waals surface area contributed by atoms with Crippen LogP contribution in [0.3, 0.4) is 0 Å². The lowest BCUT2D eigenvalue weighted by atomic mass is 9.92. The number of carbonyl (C=O) groups is 1. The molecular formula is C91H59F9N12O6. The number of phenols is 3. The molecule has 15 aromatic carbocycles. The molecule has 0 saturated carbocycles. The number of hydrogen-bond donors (Lipinski definition) is 8. The number of hydrogen-bond acceptors (Lipinski definition) is 15. The van der Waals surface area contributed by atoms with Gasteiger partial charge in [0.15, 0.2) is 5.75 Å². The summed E-state index contributed by atoms with van der Waals surface area (Å²) < 4.78 is 124. The first kappa shape index (κ1) is 74.8. The Bertz CT molecular complexity index is 6980. The second kappa shape index (κ2) is 29.3. The number of aromatic hydroxyl groups is 3. The molecular weight excluding hydrogens is 1530 g/mol. The molecule has 10 N–H and O–H groups in total. The fourth-order valence-corrected chi connectivity index (χ4v) is 15.6. The number of nitrogens with two attached hydrogens (primary N) is 2. The van der Waals surface area contributed by atoms with E-state index in [9.17, 15) is 59.6 Å². The van der Waals surface area contributed by atoms with Crippen LogP contribution in [0.1, 0.15) is 72.6 Å². The topological polar surface area (TPSA) is 269 Å². The number of azo groups is 3. The third-order valence-corrected chi connectivity index (χ3v) is 21.3. The molecule has 0 saturated heterocycles. The Hall–Kier alpha value is -14.6. The summed E-state index contributed by atoms with van der Waals surface area (Å²) in [6, 6.07) is 72.0. The zero-order valence-corrected chi connectivity index (χ0v) is 61.1. The molecule has 1 amide bonds. The van der Waals surface area contributed by atoms with Crippen molar-refractivity contribution in [1.82, 2.24) is 9.97 Å². The number of benzene rings is 15. The first-order chi connectivity index (χ1) is 56.9. The van der Waals surface area contributed by atoms with Gasteiger partial charge in [0.1, 0.15) is 40.8 Å². The Kier molecular flexibility index (Phi) is 18.6. The minimum atomic E-state index is -4.63. The molecule has 2 aromatic heterocycles. The van der Waals surface area contributed by atoms with Gasteiger partial charge in [0.25, 0.3) is 5.91 Å². The fourth-order valence-electron chi connectivity index (χ4n) is 15.6. The summed E-state index contributed by atoms with van der Waals surface area (Å²) in [5.41, 5.74) is 6.69. The standard InChI is InChI=1S/C91H59F9N12O6/c92-89(93,94)53-20-13-47(14-21-53)86(117-101)70-44-50-17-40-64-63-8-2-1-7-49(63)43-69(64)75(50)80(83(70)113)109-106-57-28-34-60(35-29-57)112(61-36-30-58(31-37-61)107-110-81-76-51(18-41-67-65-9-3-5-11-73(65)104-78(67)76)45-71(84(81)114)87(118-102)48-15-22-54(23-16-48)90(95,96)97)62-38-32-59(33-39-62)108-111-82-77-52(19-42-68-66-10-4-6-12-74(66)105-79(68)77)46-72(85(82)115)88(116)103-56-26-24-55(25-27-56)91(98,99)100/h1-42,44-46,86-87,104-105,113-115H,43,101-102H2,(H,103,116). The van der Waals surface area contributed by atoms with E-state index in [0.717, 1.165) is 103 Å². The molecule has 27 heteroatoms. The molecule has 18 nitrogen and oxygen atoms in total. The van der Waals surface area contributed by atoms with Crippen LogP contribution in [0.4, 0.5) is 96.4 Å². The van der Waals surface area contributed by atoms with Gasteiger partial charge in [-0.2, -0.15) is 54.9 Å². The number of halogens is 9. The molecule has 2 atom stereocenters. The number of H-pyrrole nitrogens is 2. The van der Waals surface area contributed by atoms with Crippen LogP contribution in [0, 0.1) is 0 Å². The van der Waals surface area contributed by atoms with Crippen molar-refractivity contribution >= 4 is 139 Å². The van der Waals surface area contributed by atoms with Crippen LogP contribution in [0.25, 0.3) is 87.1 Å². The largest absolute Gasteiger partial charge is 0.505 e. The molecule has 0 spiro atoms. The number of para-hydroxylation sites is 2. The van der Waals surface area contributed by atoms with Gasteiger partial charge < -0.3 is 35.5 Å². The second-order valence-corrected chi connectivity index (χ2v) is 28.3. The number of fused-ring (bicyclic) bond motifs is 15. The maximum absolute atomic E-state index is 14.1. The van der Waals surface area contributed by atoms with E-state index >= 15 is 0 Å². The molecule has 17 aromatic rings. The Morgan fingerprint density at radius 1 is 0.407 bits per heavy atom. The molecule has 18 rings (SSSR count). The summed E-state index contributed by atoms with van der Waals surface area (Å²) in [6.07, 6.45) is -16.0. The van der Waals surface area contributed by atoms with E-state index in [2.05, 4.69) is 30.6 Å². The molecule has 0 radical (unpaired) electrons. The summed E-state index contributed by atoms with van der Waals surface area (Å²) in [6.45, 7) is 0. The predicted molar refractivity (Wildman–Crippen MR) is 434 cm³/mol. The maximum Gasteiger partial charge on any atom is 0.416 e. The summed E-state index contributed by atoms with van der Waals surface area (Å²) in [5.74, 6) is 9.65. The molecule has 582 valence electrons. The molecule has 1 aliphatic carbocycles. The zero-order valence-electron chi connectivity index (χ0n) is 61.1. The number of anilines is 4. The highest BCUT2D eigenvalue weighted by molar-refractivity contribution is 6.23. The van der Waals surface area contributed by atoms with Gasteiger partial charge in [-0.1, -0.05) is 121 Å².